The summed E-state index contributed by atoms with van der Waals surface area (Å²) in [4.78, 5) is 8.20. The Kier molecular flexibility index (Phi) is 3.89. The van der Waals surface area contributed by atoms with Crippen LogP contribution in [0.15, 0.2) is 57.9 Å². The Labute approximate surface area is 130 Å². The van der Waals surface area contributed by atoms with E-state index in [4.69, 9.17) is 16.0 Å². The number of nitrogens with zero attached hydrogens (tertiary/aromatic N) is 2. The lowest BCUT2D eigenvalue weighted by Gasteiger charge is -1.94. The number of aromatic hydroxyl groups is 1. The average Bonchev–Trinajstić information content (AvgIpc) is 2.87. The third-order valence-corrected chi connectivity index (χ3v) is 3.12. The van der Waals surface area contributed by atoms with E-state index in [1.807, 2.05) is 0 Å². The lowest BCUT2D eigenvalue weighted by Crippen LogP contribution is -1.83. The maximum Gasteiger partial charge on any atom is 0.312 e. The van der Waals surface area contributed by atoms with Crippen molar-refractivity contribution in [1.82, 2.24) is 4.98 Å². The van der Waals surface area contributed by atoms with E-state index < -0.39 is 0 Å². The van der Waals surface area contributed by atoms with Gasteiger partial charge in [0.2, 0.25) is 5.89 Å². The van der Waals surface area contributed by atoms with Crippen LogP contribution >= 0.6 is 11.6 Å². The van der Waals surface area contributed by atoms with E-state index in [0.29, 0.717) is 16.3 Å². The van der Waals surface area contributed by atoms with E-state index in [0.717, 1.165) is 0 Å². The molecule has 110 valence electrons. The molecule has 3 rings (SSSR count). The van der Waals surface area contributed by atoms with Crippen LogP contribution in [-0.4, -0.2) is 16.3 Å². The van der Waals surface area contributed by atoms with Crippen LogP contribution in [0.4, 0.5) is 10.1 Å². The third kappa shape index (κ3) is 3.15. The normalized spacial score (nSPS) is 11.2. The molecule has 0 amide bonds. The summed E-state index contributed by atoms with van der Waals surface area (Å²) < 4.78 is 18.3. The van der Waals surface area contributed by atoms with Gasteiger partial charge in [0.1, 0.15) is 5.82 Å². The molecular weight excluding hydrogens is 307 g/mol. The van der Waals surface area contributed by atoms with Gasteiger partial charge in [-0.1, -0.05) is 17.7 Å². The van der Waals surface area contributed by atoms with Crippen LogP contribution in [0.25, 0.3) is 11.5 Å². The van der Waals surface area contributed by atoms with Crippen molar-refractivity contribution in [2.75, 3.05) is 0 Å². The minimum Gasteiger partial charge on any atom is -0.479 e. The summed E-state index contributed by atoms with van der Waals surface area (Å²) in [5.41, 5.74) is 1.25. The summed E-state index contributed by atoms with van der Waals surface area (Å²) in [6, 6.07) is 12.6. The van der Waals surface area contributed by atoms with Gasteiger partial charge in [-0.15, -0.1) is 0 Å². The van der Waals surface area contributed by atoms with Crippen LogP contribution in [-0.2, 0) is 0 Å². The summed E-state index contributed by atoms with van der Waals surface area (Å²) >= 11 is 5.81. The Morgan fingerprint density at radius 2 is 1.95 bits per heavy atom. The van der Waals surface area contributed by atoms with Crippen LogP contribution in [0.3, 0.4) is 0 Å². The highest BCUT2D eigenvalue weighted by Gasteiger charge is 2.12. The second kappa shape index (κ2) is 5.99. The minimum absolute atomic E-state index is 0.161. The molecule has 0 bridgehead atoms. The van der Waals surface area contributed by atoms with Crippen molar-refractivity contribution in [3.8, 4) is 17.4 Å². The van der Waals surface area contributed by atoms with E-state index in [-0.39, 0.29) is 23.3 Å². The number of halogens is 2. The van der Waals surface area contributed by atoms with Gasteiger partial charge >= 0.3 is 5.95 Å². The van der Waals surface area contributed by atoms with Gasteiger partial charge in [-0.05, 0) is 42.5 Å². The molecule has 22 heavy (non-hydrogen) atoms. The zero-order chi connectivity index (χ0) is 15.5. The summed E-state index contributed by atoms with van der Waals surface area (Å²) in [7, 11) is 0. The summed E-state index contributed by atoms with van der Waals surface area (Å²) in [6.07, 6.45) is 1.31. The van der Waals surface area contributed by atoms with E-state index >= 15 is 0 Å². The van der Waals surface area contributed by atoms with E-state index in [1.54, 1.807) is 36.4 Å². The van der Waals surface area contributed by atoms with Gasteiger partial charge in [0, 0.05) is 10.6 Å². The first-order valence-corrected chi connectivity index (χ1v) is 6.75. The van der Waals surface area contributed by atoms with Crippen molar-refractivity contribution in [2.24, 2.45) is 4.99 Å². The molecule has 3 aromatic rings. The molecule has 0 unspecified atom stereocenters. The summed E-state index contributed by atoms with van der Waals surface area (Å²) in [6.45, 7) is 0. The lowest BCUT2D eigenvalue weighted by molar-refractivity contribution is 0.337. The van der Waals surface area contributed by atoms with Gasteiger partial charge in [-0.2, -0.15) is 0 Å². The molecule has 2 aromatic carbocycles. The van der Waals surface area contributed by atoms with Crippen molar-refractivity contribution in [3.63, 3.8) is 0 Å². The first-order valence-electron chi connectivity index (χ1n) is 6.37. The van der Waals surface area contributed by atoms with E-state index in [2.05, 4.69) is 9.98 Å². The van der Waals surface area contributed by atoms with Crippen LogP contribution < -0.4 is 0 Å². The molecule has 0 saturated carbocycles. The maximum absolute atomic E-state index is 13.1. The number of aliphatic imine (C=N–C) groups is 1. The third-order valence-electron chi connectivity index (χ3n) is 2.87. The first kappa shape index (κ1) is 14.3. The van der Waals surface area contributed by atoms with Crippen molar-refractivity contribution in [2.45, 2.75) is 0 Å². The number of rotatable bonds is 3. The van der Waals surface area contributed by atoms with Crippen LogP contribution in [0, 0.1) is 5.82 Å². The average molecular weight is 317 g/mol. The molecule has 1 heterocycles. The van der Waals surface area contributed by atoms with Gasteiger partial charge in [0.05, 0.1) is 11.9 Å². The largest absolute Gasteiger partial charge is 0.479 e. The van der Waals surface area contributed by atoms with Gasteiger partial charge in [-0.3, -0.25) is 4.99 Å². The zero-order valence-electron chi connectivity index (χ0n) is 11.2. The fourth-order valence-corrected chi connectivity index (χ4v) is 1.94. The number of hydrogen-bond donors (Lipinski definition) is 1. The van der Waals surface area contributed by atoms with Crippen LogP contribution in [0.1, 0.15) is 5.69 Å². The minimum atomic E-state index is -0.388. The highest BCUT2D eigenvalue weighted by molar-refractivity contribution is 6.30. The molecular formula is C16H10ClFN2O2. The fraction of sp³-hybridized carbons (Fsp3) is 0. The standard InChI is InChI=1S/C16H10ClFN2O2/c17-11-6-4-10(5-7-11)15-20-14(16(21)22-15)9-19-13-3-1-2-12(18)8-13/h1-9,21H. The Bertz CT molecular complexity index is 828. The van der Waals surface area contributed by atoms with Crippen molar-refractivity contribution < 1.29 is 13.9 Å². The molecule has 0 aliphatic rings. The van der Waals surface area contributed by atoms with Gasteiger partial charge in [0.25, 0.3) is 0 Å². The predicted octanol–water partition coefficient (Wildman–Crippen LogP) is 4.59. The molecule has 1 N–H and O–H groups in total. The Hall–Kier alpha value is -2.66. The zero-order valence-corrected chi connectivity index (χ0v) is 12.0. The van der Waals surface area contributed by atoms with E-state index in [9.17, 15) is 9.50 Å². The lowest BCUT2D eigenvalue weighted by atomic mass is 10.2. The summed E-state index contributed by atoms with van der Waals surface area (Å²) in [5, 5.41) is 10.3. The smallest absolute Gasteiger partial charge is 0.312 e. The highest BCUT2D eigenvalue weighted by atomic mass is 35.5. The quantitative estimate of drug-likeness (QED) is 0.719. The van der Waals surface area contributed by atoms with Gasteiger partial charge in [-0.25, -0.2) is 9.37 Å². The van der Waals surface area contributed by atoms with E-state index in [1.165, 1.54) is 18.3 Å². The monoisotopic (exact) mass is 316 g/mol. The number of benzene rings is 2. The molecule has 0 atom stereocenters. The van der Waals surface area contributed by atoms with Gasteiger partial charge < -0.3 is 9.52 Å². The Balaban J connectivity index is 1.88. The SMILES string of the molecule is Oc1oc(-c2ccc(Cl)cc2)nc1C=Nc1cccc(F)c1. The maximum atomic E-state index is 13.1. The second-order valence-electron chi connectivity index (χ2n) is 4.45. The molecule has 0 aliphatic carbocycles. The molecule has 1 aromatic heterocycles. The van der Waals surface area contributed by atoms with Crippen LogP contribution in [0.5, 0.6) is 5.95 Å². The van der Waals surface area contributed by atoms with Gasteiger partial charge in [0.15, 0.2) is 5.69 Å². The Morgan fingerprint density at radius 3 is 2.68 bits per heavy atom. The van der Waals surface area contributed by atoms with Crippen molar-refractivity contribution in [3.05, 3.63) is 65.1 Å². The fourth-order valence-electron chi connectivity index (χ4n) is 1.82. The number of hydrogen-bond acceptors (Lipinski definition) is 4. The van der Waals surface area contributed by atoms with Crippen molar-refractivity contribution in [1.29, 1.82) is 0 Å². The van der Waals surface area contributed by atoms with Crippen LogP contribution in [0.2, 0.25) is 5.02 Å². The first-order chi connectivity index (χ1) is 10.6. The second-order valence-corrected chi connectivity index (χ2v) is 4.89. The molecule has 0 saturated heterocycles. The topological polar surface area (TPSA) is 58.6 Å². The van der Waals surface area contributed by atoms with Crippen molar-refractivity contribution >= 4 is 23.5 Å². The Morgan fingerprint density at radius 1 is 1.18 bits per heavy atom. The molecule has 0 radical (unpaired) electrons. The molecule has 4 nitrogen and oxygen atoms in total. The molecule has 0 spiro atoms. The number of oxazole rings is 1. The highest BCUT2D eigenvalue weighted by Crippen LogP contribution is 2.26. The predicted molar refractivity (Wildman–Crippen MR) is 82.3 cm³/mol. The molecule has 0 aliphatic heterocycles. The molecule has 6 heteroatoms. The number of aromatic nitrogens is 1. The summed E-state index contributed by atoms with van der Waals surface area (Å²) in [5.74, 6) is -0.499. The molecule has 0 fully saturated rings.